The Morgan fingerprint density at radius 3 is 2.30 bits per heavy atom. The van der Waals surface area contributed by atoms with Crippen LogP contribution in [0.1, 0.15) is 93.4 Å². The molecule has 1 fully saturated rings. The smallest absolute Gasteiger partial charge is 0.279 e. The zero-order chi connectivity index (χ0) is 22.7. The Morgan fingerprint density at radius 1 is 1.10 bits per heavy atom. The number of hydrogen-bond acceptors (Lipinski definition) is 4. The summed E-state index contributed by atoms with van der Waals surface area (Å²) in [6.07, 6.45) is 6.16. The lowest BCUT2D eigenvalue weighted by Crippen LogP contribution is -2.48. The predicted octanol–water partition coefficient (Wildman–Crippen LogP) is 5.08. The lowest BCUT2D eigenvalue weighted by atomic mass is 9.68. The topological polar surface area (TPSA) is 58.9 Å². The summed E-state index contributed by atoms with van der Waals surface area (Å²) in [5.74, 6) is 0.235. The second-order valence-corrected chi connectivity index (χ2v) is 11.5. The van der Waals surface area contributed by atoms with Crippen LogP contribution in [0.3, 0.4) is 0 Å². The van der Waals surface area contributed by atoms with E-state index >= 15 is 4.39 Å². The van der Waals surface area contributed by atoms with Crippen LogP contribution >= 0.6 is 0 Å². The molecule has 6 heteroatoms. The molecule has 4 nitrogen and oxygen atoms in total. The maximum Gasteiger partial charge on any atom is 0.279 e. The van der Waals surface area contributed by atoms with Crippen LogP contribution in [0.2, 0.25) is 5.82 Å². The number of aliphatic hydroxyl groups is 2. The molecule has 0 heterocycles. The van der Waals surface area contributed by atoms with Crippen molar-refractivity contribution < 1.29 is 24.0 Å². The van der Waals surface area contributed by atoms with Gasteiger partial charge < -0.3 is 19.6 Å². The summed E-state index contributed by atoms with van der Waals surface area (Å²) in [7, 11) is 0.614. The zero-order valence-electron chi connectivity index (χ0n) is 20.2. The average Bonchev–Trinajstić information content (AvgIpc) is 2.80. The quantitative estimate of drug-likeness (QED) is 0.258. The van der Waals surface area contributed by atoms with Crippen molar-refractivity contribution in [1.82, 2.24) is 0 Å². The second-order valence-electron chi connectivity index (χ2n) is 11.5. The molecule has 2 aliphatic carbocycles. The third kappa shape index (κ3) is 7.32. The van der Waals surface area contributed by atoms with Crippen LogP contribution in [0.15, 0.2) is 11.6 Å². The molecule has 0 aromatic carbocycles. The Balaban J connectivity index is 1.90. The van der Waals surface area contributed by atoms with Crippen LogP contribution in [0.4, 0.5) is 4.39 Å². The molecule has 0 aromatic heterocycles. The molecule has 0 bridgehead atoms. The molecule has 0 amide bonds. The molecule has 0 saturated heterocycles. The van der Waals surface area contributed by atoms with E-state index in [1.807, 2.05) is 34.6 Å². The molecule has 5 atom stereocenters. The van der Waals surface area contributed by atoms with Crippen molar-refractivity contribution in [2.75, 3.05) is 0 Å². The molecule has 174 valence electrons. The van der Waals surface area contributed by atoms with E-state index in [1.54, 1.807) is 13.8 Å². The summed E-state index contributed by atoms with van der Waals surface area (Å²) in [4.78, 5) is 0. The molecule has 2 aliphatic rings. The van der Waals surface area contributed by atoms with Crippen LogP contribution < -0.4 is 0 Å². The van der Waals surface area contributed by atoms with Gasteiger partial charge in [-0.3, -0.25) is 0 Å². The molecule has 4 unspecified atom stereocenters. The fourth-order valence-corrected chi connectivity index (χ4v) is 4.39. The first kappa shape index (κ1) is 25.8. The Hall–Kier alpha value is -0.425. The lowest BCUT2D eigenvalue weighted by molar-refractivity contribution is -0.195. The highest BCUT2D eigenvalue weighted by Crippen LogP contribution is 2.41. The van der Waals surface area contributed by atoms with Crippen molar-refractivity contribution in [2.24, 2.45) is 11.8 Å². The van der Waals surface area contributed by atoms with E-state index < -0.39 is 29.3 Å². The number of alkyl halides is 1. The van der Waals surface area contributed by atoms with Crippen molar-refractivity contribution in [3.05, 3.63) is 11.6 Å². The second kappa shape index (κ2) is 10.0. The summed E-state index contributed by atoms with van der Waals surface area (Å²) < 4.78 is 26.9. The van der Waals surface area contributed by atoms with Gasteiger partial charge in [-0.2, -0.15) is 0 Å². The van der Waals surface area contributed by atoms with Gasteiger partial charge in [-0.25, -0.2) is 4.39 Å². The molecule has 1 saturated carbocycles. The third-order valence-corrected chi connectivity index (χ3v) is 7.12. The van der Waals surface area contributed by atoms with Gasteiger partial charge in [0.2, 0.25) is 0 Å². The molecule has 0 radical (unpaired) electrons. The first-order valence-corrected chi connectivity index (χ1v) is 11.7. The van der Waals surface area contributed by atoms with Gasteiger partial charge >= 0.3 is 0 Å². The lowest BCUT2D eigenvalue weighted by Gasteiger charge is -2.39. The minimum Gasteiger partial charge on any atom is -0.432 e. The third-order valence-electron chi connectivity index (χ3n) is 7.12. The van der Waals surface area contributed by atoms with Gasteiger partial charge in [0.25, 0.3) is 7.48 Å². The van der Waals surface area contributed by atoms with E-state index in [1.165, 1.54) is 5.57 Å². The SMILES string of the molecule is CC(C)(C)OC(O)C1CCC[C@H](C2=CCC(BOC(C)(C)C(C)(C)O)CC2)C(F)C1. The Bertz CT molecular complexity index is 579. The van der Waals surface area contributed by atoms with Crippen LogP contribution in [0, 0.1) is 11.8 Å². The molecule has 0 aliphatic heterocycles. The van der Waals surface area contributed by atoms with E-state index in [9.17, 15) is 10.2 Å². The molecule has 0 aromatic rings. The number of halogens is 1. The fraction of sp³-hybridized carbons (Fsp3) is 0.917. The number of aliphatic hydroxyl groups excluding tert-OH is 1. The van der Waals surface area contributed by atoms with Crippen molar-refractivity contribution in [2.45, 2.75) is 128 Å². The molecule has 2 N–H and O–H groups in total. The van der Waals surface area contributed by atoms with Crippen LogP contribution in [0.25, 0.3) is 0 Å². The maximum absolute atomic E-state index is 15.2. The standard InChI is InChI=1S/C24H44BFO4/c1-22(2,3)29-21(27)17-9-8-10-19(20(26)15-17)16-11-13-18(14-12-16)25-30-24(6,7)23(4,5)28/h11,17-21,25,27-28H,8-10,12-15H2,1-7H3/t17?,18?,19-,20?,21?/m1/s1. The first-order valence-electron chi connectivity index (χ1n) is 11.7. The number of hydrogen-bond donors (Lipinski definition) is 2. The van der Waals surface area contributed by atoms with Crippen LogP contribution in [-0.2, 0) is 9.39 Å². The van der Waals surface area contributed by atoms with Gasteiger partial charge in [0.1, 0.15) is 6.17 Å². The number of ether oxygens (including phenoxy) is 1. The Labute approximate surface area is 183 Å². The first-order chi connectivity index (χ1) is 13.7. The van der Waals surface area contributed by atoms with E-state index in [-0.39, 0.29) is 11.8 Å². The van der Waals surface area contributed by atoms with Crippen molar-refractivity contribution in [3.8, 4) is 0 Å². The normalized spacial score (nSPS) is 30.4. The zero-order valence-corrected chi connectivity index (χ0v) is 20.2. The minimum absolute atomic E-state index is 0.0356. The predicted molar refractivity (Wildman–Crippen MR) is 121 cm³/mol. The van der Waals surface area contributed by atoms with E-state index in [0.717, 1.165) is 38.5 Å². The molecular formula is C24H44BFO4. The van der Waals surface area contributed by atoms with Crippen molar-refractivity contribution in [3.63, 3.8) is 0 Å². The monoisotopic (exact) mass is 426 g/mol. The maximum atomic E-state index is 15.2. The molecular weight excluding hydrogens is 382 g/mol. The summed E-state index contributed by atoms with van der Waals surface area (Å²) in [5, 5.41) is 20.7. The van der Waals surface area contributed by atoms with Crippen LogP contribution in [0.5, 0.6) is 0 Å². The largest absolute Gasteiger partial charge is 0.432 e. The molecule has 30 heavy (non-hydrogen) atoms. The van der Waals surface area contributed by atoms with E-state index in [2.05, 4.69) is 6.08 Å². The Kier molecular flexibility index (Phi) is 8.62. The van der Waals surface area contributed by atoms with Gasteiger partial charge in [-0.1, -0.05) is 24.5 Å². The Morgan fingerprint density at radius 2 is 1.77 bits per heavy atom. The number of allylic oxidation sites excluding steroid dienone is 2. The van der Waals surface area contributed by atoms with Gasteiger partial charge in [0.15, 0.2) is 6.29 Å². The highest BCUT2D eigenvalue weighted by atomic mass is 19.1. The van der Waals surface area contributed by atoms with Gasteiger partial charge in [-0.15, -0.1) is 0 Å². The van der Waals surface area contributed by atoms with Crippen LogP contribution in [-0.4, -0.2) is 47.0 Å². The van der Waals surface area contributed by atoms with Crippen molar-refractivity contribution >= 4 is 7.48 Å². The summed E-state index contributed by atoms with van der Waals surface area (Å²) in [5.41, 5.74) is -0.692. The molecule has 2 rings (SSSR count). The summed E-state index contributed by atoms with van der Waals surface area (Å²) >= 11 is 0. The van der Waals surface area contributed by atoms with Gasteiger partial charge in [0, 0.05) is 11.8 Å². The summed E-state index contributed by atoms with van der Waals surface area (Å²) in [6, 6.07) is 0. The highest BCUT2D eigenvalue weighted by Gasteiger charge is 2.38. The van der Waals surface area contributed by atoms with E-state index in [0.29, 0.717) is 19.7 Å². The summed E-state index contributed by atoms with van der Waals surface area (Å²) in [6.45, 7) is 13.1. The fourth-order valence-electron chi connectivity index (χ4n) is 4.39. The van der Waals surface area contributed by atoms with Crippen molar-refractivity contribution in [1.29, 1.82) is 0 Å². The van der Waals surface area contributed by atoms with Gasteiger partial charge in [-0.05, 0) is 86.4 Å². The average molecular weight is 426 g/mol. The van der Waals surface area contributed by atoms with Gasteiger partial charge in [0.05, 0.1) is 16.8 Å². The minimum atomic E-state index is -0.927. The number of rotatable bonds is 7. The highest BCUT2D eigenvalue weighted by molar-refractivity contribution is 6.29. The van der Waals surface area contributed by atoms with E-state index in [4.69, 9.17) is 9.39 Å². The molecule has 0 spiro atoms.